The van der Waals surface area contributed by atoms with E-state index in [-0.39, 0.29) is 23.6 Å². The molecule has 2 aliphatic rings. The molecule has 3 rings (SSSR count). The SMILES string of the molecule is CCOC(=O)C1=C(CC)NC2=C(C(=O)CC(C)(C)C2)[C@@H]1c1cc(Br)cc(Br)c1O. The number of Topliss-reactive ketones (excluding diaryl/α,β-unsaturated/α-hetero) is 1. The average molecular weight is 527 g/mol. The second kappa shape index (κ2) is 8.26. The average Bonchev–Trinajstić information content (AvgIpc) is 2.62. The van der Waals surface area contributed by atoms with Crippen molar-refractivity contribution < 1.29 is 19.4 Å². The Morgan fingerprint density at radius 2 is 1.97 bits per heavy atom. The van der Waals surface area contributed by atoms with Gasteiger partial charge in [-0.15, -0.1) is 0 Å². The molecule has 0 saturated heterocycles. The topological polar surface area (TPSA) is 75.6 Å². The summed E-state index contributed by atoms with van der Waals surface area (Å²) in [4.78, 5) is 26.2. The van der Waals surface area contributed by atoms with Crippen LogP contribution in [0.3, 0.4) is 0 Å². The molecule has 7 heteroatoms. The van der Waals surface area contributed by atoms with Gasteiger partial charge in [-0.25, -0.2) is 4.79 Å². The number of benzene rings is 1. The van der Waals surface area contributed by atoms with Crippen LogP contribution in [0.15, 0.2) is 43.6 Å². The van der Waals surface area contributed by atoms with Gasteiger partial charge in [0.2, 0.25) is 0 Å². The number of carbonyl (C=O) groups is 2. The summed E-state index contributed by atoms with van der Waals surface area (Å²) in [6, 6.07) is 3.50. The fraction of sp³-hybridized carbons (Fsp3) is 0.455. The van der Waals surface area contributed by atoms with E-state index in [1.54, 1.807) is 19.1 Å². The summed E-state index contributed by atoms with van der Waals surface area (Å²) in [6.45, 7) is 8.06. The minimum Gasteiger partial charge on any atom is -0.506 e. The van der Waals surface area contributed by atoms with Crippen LogP contribution in [0, 0.1) is 5.41 Å². The molecule has 29 heavy (non-hydrogen) atoms. The Balaban J connectivity index is 2.31. The second-order valence-corrected chi connectivity index (χ2v) is 9.95. The molecule has 1 heterocycles. The molecular formula is C22H25Br2NO4. The predicted octanol–water partition coefficient (Wildman–Crippen LogP) is 5.47. The highest BCUT2D eigenvalue weighted by atomic mass is 79.9. The third-order valence-electron chi connectivity index (χ3n) is 5.34. The molecule has 1 aromatic rings. The van der Waals surface area contributed by atoms with Crippen molar-refractivity contribution in [2.45, 2.75) is 52.9 Å². The van der Waals surface area contributed by atoms with Gasteiger partial charge in [0.15, 0.2) is 5.78 Å². The number of phenols is 1. The number of nitrogens with one attached hydrogen (secondary N) is 1. The number of esters is 1. The van der Waals surface area contributed by atoms with Crippen molar-refractivity contribution in [2.75, 3.05) is 6.61 Å². The molecule has 0 aromatic heterocycles. The first-order chi connectivity index (χ1) is 13.6. The van der Waals surface area contributed by atoms with E-state index in [1.807, 2.05) is 6.92 Å². The largest absolute Gasteiger partial charge is 0.506 e. The Morgan fingerprint density at radius 3 is 2.59 bits per heavy atom. The number of allylic oxidation sites excluding steroid dienone is 3. The standard InChI is InChI=1S/C22H25Br2NO4/c1-5-14-19(21(28)29-6-2)17(12-7-11(23)8-13(24)20(12)27)18-15(25-14)9-22(3,4)10-16(18)26/h7-8,17,25,27H,5-6,9-10H2,1-4H3/t17-/m0/s1. The Kier molecular flexibility index (Phi) is 6.30. The lowest BCUT2D eigenvalue weighted by Crippen LogP contribution is -2.39. The van der Waals surface area contributed by atoms with Gasteiger partial charge in [-0.05, 0) is 53.2 Å². The zero-order valence-corrected chi connectivity index (χ0v) is 20.2. The first kappa shape index (κ1) is 22.1. The highest BCUT2D eigenvalue weighted by Gasteiger charge is 2.44. The number of halogens is 2. The molecule has 5 nitrogen and oxygen atoms in total. The van der Waals surface area contributed by atoms with Crippen LogP contribution in [-0.4, -0.2) is 23.5 Å². The smallest absolute Gasteiger partial charge is 0.336 e. The Labute approximate surface area is 187 Å². The molecule has 0 unspecified atom stereocenters. The summed E-state index contributed by atoms with van der Waals surface area (Å²) >= 11 is 6.84. The number of ketones is 1. The van der Waals surface area contributed by atoms with Crippen LogP contribution in [0.25, 0.3) is 0 Å². The molecule has 0 bridgehead atoms. The van der Waals surface area contributed by atoms with Crippen molar-refractivity contribution in [1.29, 1.82) is 0 Å². The van der Waals surface area contributed by atoms with Crippen molar-refractivity contribution in [1.82, 2.24) is 5.32 Å². The van der Waals surface area contributed by atoms with E-state index in [9.17, 15) is 14.7 Å². The second-order valence-electron chi connectivity index (χ2n) is 8.18. The van der Waals surface area contributed by atoms with Crippen LogP contribution in [0.4, 0.5) is 0 Å². The van der Waals surface area contributed by atoms with Crippen LogP contribution < -0.4 is 5.32 Å². The van der Waals surface area contributed by atoms with Gasteiger partial charge in [-0.2, -0.15) is 0 Å². The van der Waals surface area contributed by atoms with Gasteiger partial charge in [0, 0.05) is 33.4 Å². The Bertz CT molecular complexity index is 946. The molecule has 1 aromatic carbocycles. The number of dihydropyridines is 1. The third kappa shape index (κ3) is 4.17. The summed E-state index contributed by atoms with van der Waals surface area (Å²) in [5.41, 5.74) is 2.83. The van der Waals surface area contributed by atoms with Crippen LogP contribution in [0.5, 0.6) is 5.75 Å². The lowest BCUT2D eigenvalue weighted by molar-refractivity contribution is -0.138. The van der Waals surface area contributed by atoms with E-state index in [0.29, 0.717) is 40.4 Å². The van der Waals surface area contributed by atoms with Crippen molar-refractivity contribution in [3.05, 3.63) is 49.2 Å². The first-order valence-electron chi connectivity index (χ1n) is 9.71. The van der Waals surface area contributed by atoms with E-state index in [4.69, 9.17) is 4.74 Å². The summed E-state index contributed by atoms with van der Waals surface area (Å²) in [5, 5.41) is 14.2. The fourth-order valence-corrected chi connectivity index (χ4v) is 5.45. The minimum absolute atomic E-state index is 0.0128. The fourth-order valence-electron chi connectivity index (χ4n) is 4.19. The number of phenolic OH excluding ortho intramolecular Hbond substituents is 1. The van der Waals surface area contributed by atoms with Crippen molar-refractivity contribution in [3.63, 3.8) is 0 Å². The molecule has 156 valence electrons. The van der Waals surface area contributed by atoms with Crippen molar-refractivity contribution in [3.8, 4) is 5.75 Å². The highest BCUT2D eigenvalue weighted by Crippen LogP contribution is 2.50. The summed E-state index contributed by atoms with van der Waals surface area (Å²) < 4.78 is 6.58. The van der Waals surface area contributed by atoms with Gasteiger partial charge in [0.25, 0.3) is 0 Å². The molecule has 1 aliphatic heterocycles. The van der Waals surface area contributed by atoms with E-state index in [0.717, 1.165) is 15.9 Å². The number of hydrogen-bond donors (Lipinski definition) is 2. The quantitative estimate of drug-likeness (QED) is 0.508. The molecule has 1 atom stereocenters. The van der Waals surface area contributed by atoms with Gasteiger partial charge in [-0.1, -0.05) is 36.7 Å². The van der Waals surface area contributed by atoms with Gasteiger partial charge in [0.05, 0.1) is 22.6 Å². The number of carbonyl (C=O) groups excluding carboxylic acids is 2. The summed E-state index contributed by atoms with van der Waals surface area (Å²) in [5.74, 6) is -1.15. The molecule has 0 amide bonds. The minimum atomic E-state index is -0.683. The molecule has 2 N–H and O–H groups in total. The number of aromatic hydroxyl groups is 1. The van der Waals surface area contributed by atoms with E-state index in [2.05, 4.69) is 51.0 Å². The zero-order chi connectivity index (χ0) is 21.5. The maximum absolute atomic E-state index is 13.3. The monoisotopic (exact) mass is 525 g/mol. The molecule has 0 saturated carbocycles. The zero-order valence-electron chi connectivity index (χ0n) is 17.0. The van der Waals surface area contributed by atoms with Crippen LogP contribution in [0.1, 0.15) is 58.4 Å². The maximum atomic E-state index is 13.3. The van der Waals surface area contributed by atoms with Gasteiger partial charge in [0.1, 0.15) is 5.75 Å². The number of hydrogen-bond acceptors (Lipinski definition) is 5. The lowest BCUT2D eigenvalue weighted by atomic mass is 9.68. The molecule has 0 radical (unpaired) electrons. The Hall–Kier alpha value is -1.60. The number of rotatable bonds is 4. The van der Waals surface area contributed by atoms with E-state index in [1.165, 1.54) is 0 Å². The number of ether oxygens (including phenoxy) is 1. The van der Waals surface area contributed by atoms with Crippen LogP contribution >= 0.6 is 31.9 Å². The predicted molar refractivity (Wildman–Crippen MR) is 118 cm³/mol. The molecule has 0 spiro atoms. The van der Waals surface area contributed by atoms with Gasteiger partial charge < -0.3 is 15.2 Å². The van der Waals surface area contributed by atoms with E-state index < -0.39 is 11.9 Å². The summed E-state index contributed by atoms with van der Waals surface area (Å²) in [6.07, 6.45) is 1.66. The third-order valence-corrected chi connectivity index (χ3v) is 6.40. The first-order valence-corrected chi connectivity index (χ1v) is 11.3. The van der Waals surface area contributed by atoms with Gasteiger partial charge in [-0.3, -0.25) is 4.79 Å². The Morgan fingerprint density at radius 1 is 1.28 bits per heavy atom. The highest BCUT2D eigenvalue weighted by molar-refractivity contribution is 9.11. The van der Waals surface area contributed by atoms with Gasteiger partial charge >= 0.3 is 5.97 Å². The maximum Gasteiger partial charge on any atom is 0.336 e. The molecular weight excluding hydrogens is 502 g/mol. The normalized spacial score (nSPS) is 21.0. The van der Waals surface area contributed by atoms with Crippen molar-refractivity contribution >= 4 is 43.6 Å². The molecule has 1 aliphatic carbocycles. The summed E-state index contributed by atoms with van der Waals surface area (Å²) in [7, 11) is 0. The lowest BCUT2D eigenvalue weighted by Gasteiger charge is -2.40. The van der Waals surface area contributed by atoms with Crippen LogP contribution in [-0.2, 0) is 14.3 Å². The van der Waals surface area contributed by atoms with Crippen LogP contribution in [0.2, 0.25) is 0 Å². The molecule has 0 fully saturated rings. The van der Waals surface area contributed by atoms with Crippen molar-refractivity contribution in [2.24, 2.45) is 5.41 Å². The van der Waals surface area contributed by atoms with E-state index >= 15 is 0 Å².